The lowest BCUT2D eigenvalue weighted by molar-refractivity contribution is 0.0740. The van der Waals surface area contributed by atoms with E-state index in [2.05, 4.69) is 6.92 Å². The molecule has 3 rings (SSSR count). The Balaban J connectivity index is 1.49. The van der Waals surface area contributed by atoms with Crippen LogP contribution >= 0.6 is 11.6 Å². The molecule has 2 heteroatoms. The molecule has 3 fully saturated rings. The van der Waals surface area contributed by atoms with E-state index in [1.54, 1.807) is 0 Å². The molecular weight excluding hydrogens is 295 g/mol. The topological polar surface area (TPSA) is 0 Å². The summed E-state index contributed by atoms with van der Waals surface area (Å²) in [6.07, 6.45) is 12.6. The van der Waals surface area contributed by atoms with E-state index in [0.29, 0.717) is 11.8 Å². The van der Waals surface area contributed by atoms with Gasteiger partial charge in [0.1, 0.15) is 6.17 Å². The van der Waals surface area contributed by atoms with Crippen molar-refractivity contribution in [2.24, 2.45) is 35.5 Å². The molecule has 0 saturated heterocycles. The summed E-state index contributed by atoms with van der Waals surface area (Å²) >= 11 is 6.49. The standard InChI is InChI=1S/C20H34ClF/c1-13-3-6-15(7-4-13)16-8-10-17(11-9-16)18-12-5-14(2)20(22)19(18)21/h13-20H,3-12H2,1-2H3. The molecular formula is C20H34ClF. The molecule has 0 amide bonds. The van der Waals surface area contributed by atoms with Gasteiger partial charge < -0.3 is 0 Å². The summed E-state index contributed by atoms with van der Waals surface area (Å²) in [4.78, 5) is 0. The highest BCUT2D eigenvalue weighted by molar-refractivity contribution is 6.21. The predicted octanol–water partition coefficient (Wildman–Crippen LogP) is 6.61. The third-order valence-electron chi connectivity index (χ3n) is 7.36. The van der Waals surface area contributed by atoms with Crippen LogP contribution in [0.15, 0.2) is 0 Å². The Morgan fingerprint density at radius 2 is 1.18 bits per heavy atom. The first-order chi connectivity index (χ1) is 10.6. The quantitative estimate of drug-likeness (QED) is 0.500. The van der Waals surface area contributed by atoms with Crippen LogP contribution in [0.3, 0.4) is 0 Å². The maximum absolute atomic E-state index is 14.2. The molecule has 3 aliphatic rings. The van der Waals surface area contributed by atoms with Gasteiger partial charge in [0.25, 0.3) is 0 Å². The van der Waals surface area contributed by atoms with Gasteiger partial charge in [0, 0.05) is 0 Å². The molecule has 0 aromatic rings. The Morgan fingerprint density at radius 3 is 1.77 bits per heavy atom. The van der Waals surface area contributed by atoms with Crippen LogP contribution in [0, 0.1) is 35.5 Å². The maximum atomic E-state index is 14.2. The molecule has 0 aliphatic heterocycles. The normalized spacial score (nSPS) is 50.7. The van der Waals surface area contributed by atoms with Crippen molar-refractivity contribution >= 4 is 11.6 Å². The first-order valence-electron chi connectivity index (χ1n) is 9.84. The van der Waals surface area contributed by atoms with Gasteiger partial charge in [-0.2, -0.15) is 0 Å². The molecule has 0 nitrogen and oxygen atoms in total. The van der Waals surface area contributed by atoms with Gasteiger partial charge in [0.15, 0.2) is 0 Å². The Labute approximate surface area is 141 Å². The molecule has 22 heavy (non-hydrogen) atoms. The highest BCUT2D eigenvalue weighted by Crippen LogP contribution is 2.47. The summed E-state index contributed by atoms with van der Waals surface area (Å²) in [6, 6.07) is 0. The zero-order valence-electron chi connectivity index (χ0n) is 14.4. The van der Waals surface area contributed by atoms with Gasteiger partial charge >= 0.3 is 0 Å². The molecule has 0 bridgehead atoms. The number of halogens is 2. The van der Waals surface area contributed by atoms with Crippen LogP contribution in [-0.4, -0.2) is 11.5 Å². The zero-order chi connectivity index (χ0) is 15.7. The second kappa shape index (κ2) is 7.41. The SMILES string of the molecule is CC1CCC(C2CCC(C3CCC(C)C(F)C3Cl)CC2)CC1. The molecule has 0 N–H and O–H groups in total. The van der Waals surface area contributed by atoms with Gasteiger partial charge in [-0.3, -0.25) is 0 Å². The lowest BCUT2D eigenvalue weighted by atomic mass is 9.65. The average Bonchev–Trinajstić information content (AvgIpc) is 2.54. The molecule has 0 aromatic heterocycles. The van der Waals surface area contributed by atoms with Crippen LogP contribution in [0.2, 0.25) is 0 Å². The molecule has 0 heterocycles. The molecule has 3 saturated carbocycles. The second-order valence-corrected chi connectivity index (χ2v) is 9.31. The third kappa shape index (κ3) is 3.65. The average molecular weight is 329 g/mol. The monoisotopic (exact) mass is 328 g/mol. The van der Waals surface area contributed by atoms with Crippen molar-refractivity contribution in [2.75, 3.05) is 0 Å². The number of hydrogen-bond acceptors (Lipinski definition) is 0. The highest BCUT2D eigenvalue weighted by atomic mass is 35.5. The Hall–Kier alpha value is 0.220. The molecule has 128 valence electrons. The van der Waals surface area contributed by atoms with E-state index in [0.717, 1.165) is 30.6 Å². The number of alkyl halides is 2. The summed E-state index contributed by atoms with van der Waals surface area (Å²) in [5.41, 5.74) is 0. The highest BCUT2D eigenvalue weighted by Gasteiger charge is 2.41. The van der Waals surface area contributed by atoms with Crippen molar-refractivity contribution in [3.05, 3.63) is 0 Å². The summed E-state index contributed by atoms with van der Waals surface area (Å²) in [6.45, 7) is 4.43. The van der Waals surface area contributed by atoms with Crippen molar-refractivity contribution in [1.29, 1.82) is 0 Å². The lowest BCUT2D eigenvalue weighted by Crippen LogP contribution is -2.41. The first-order valence-corrected chi connectivity index (χ1v) is 10.3. The number of rotatable bonds is 2. The van der Waals surface area contributed by atoms with E-state index in [9.17, 15) is 4.39 Å². The smallest absolute Gasteiger partial charge is 0.119 e. The van der Waals surface area contributed by atoms with Crippen molar-refractivity contribution < 1.29 is 4.39 Å². The van der Waals surface area contributed by atoms with Crippen LogP contribution in [0.5, 0.6) is 0 Å². The van der Waals surface area contributed by atoms with E-state index in [4.69, 9.17) is 11.6 Å². The Kier molecular flexibility index (Phi) is 5.74. The van der Waals surface area contributed by atoms with E-state index >= 15 is 0 Å². The molecule has 4 atom stereocenters. The maximum Gasteiger partial charge on any atom is 0.119 e. The molecule has 0 aromatic carbocycles. The predicted molar refractivity (Wildman–Crippen MR) is 93.0 cm³/mol. The van der Waals surface area contributed by atoms with Crippen LogP contribution in [0.1, 0.15) is 78.1 Å². The van der Waals surface area contributed by atoms with Gasteiger partial charge in [-0.15, -0.1) is 11.6 Å². The van der Waals surface area contributed by atoms with Gasteiger partial charge in [-0.1, -0.05) is 26.7 Å². The fourth-order valence-electron chi connectivity index (χ4n) is 5.62. The number of hydrogen-bond donors (Lipinski definition) is 0. The van der Waals surface area contributed by atoms with Gasteiger partial charge in [-0.05, 0) is 86.9 Å². The van der Waals surface area contributed by atoms with Crippen LogP contribution in [0.25, 0.3) is 0 Å². The molecule has 3 aliphatic carbocycles. The summed E-state index contributed by atoms with van der Waals surface area (Å²) in [5.74, 6) is 4.22. The van der Waals surface area contributed by atoms with Gasteiger partial charge in [0.05, 0.1) is 5.38 Å². The minimum atomic E-state index is -0.780. The van der Waals surface area contributed by atoms with Crippen LogP contribution in [-0.2, 0) is 0 Å². The van der Waals surface area contributed by atoms with Gasteiger partial charge in [-0.25, -0.2) is 4.39 Å². The van der Waals surface area contributed by atoms with Crippen LogP contribution in [0.4, 0.5) is 4.39 Å². The Bertz CT molecular complexity index is 342. The fourth-order valence-corrected chi connectivity index (χ4v) is 6.20. The lowest BCUT2D eigenvalue weighted by Gasteiger charge is -2.43. The van der Waals surface area contributed by atoms with Crippen molar-refractivity contribution in [3.63, 3.8) is 0 Å². The third-order valence-corrected chi connectivity index (χ3v) is 7.93. The van der Waals surface area contributed by atoms with Crippen LogP contribution < -0.4 is 0 Å². The van der Waals surface area contributed by atoms with E-state index in [-0.39, 0.29) is 11.3 Å². The molecule has 4 unspecified atom stereocenters. The van der Waals surface area contributed by atoms with E-state index < -0.39 is 6.17 Å². The zero-order valence-corrected chi connectivity index (χ0v) is 15.2. The minimum absolute atomic E-state index is 0.166. The molecule has 0 radical (unpaired) electrons. The minimum Gasteiger partial charge on any atom is -0.246 e. The van der Waals surface area contributed by atoms with Crippen molar-refractivity contribution in [3.8, 4) is 0 Å². The Morgan fingerprint density at radius 1 is 0.682 bits per heavy atom. The second-order valence-electron chi connectivity index (χ2n) is 8.80. The first kappa shape index (κ1) is 17.1. The summed E-state index contributed by atoms with van der Waals surface area (Å²) in [7, 11) is 0. The van der Waals surface area contributed by atoms with Crippen molar-refractivity contribution in [1.82, 2.24) is 0 Å². The van der Waals surface area contributed by atoms with Crippen molar-refractivity contribution in [2.45, 2.75) is 89.6 Å². The largest absolute Gasteiger partial charge is 0.246 e. The van der Waals surface area contributed by atoms with E-state index in [1.165, 1.54) is 51.4 Å². The summed E-state index contributed by atoms with van der Waals surface area (Å²) < 4.78 is 14.2. The molecule has 0 spiro atoms. The fraction of sp³-hybridized carbons (Fsp3) is 1.00. The van der Waals surface area contributed by atoms with Gasteiger partial charge in [0.2, 0.25) is 0 Å². The van der Waals surface area contributed by atoms with E-state index in [1.807, 2.05) is 6.92 Å². The summed E-state index contributed by atoms with van der Waals surface area (Å²) in [5, 5.41) is -0.221.